The number of thioether (sulfide) groups is 1. The number of rotatable bonds is 8. The number of aliphatic imine (C=N–C) groups is 1. The zero-order chi connectivity index (χ0) is 16.4. The zero-order valence-electron chi connectivity index (χ0n) is 14.3. The molecule has 0 heterocycles. The van der Waals surface area contributed by atoms with Gasteiger partial charge in [-0.15, -0.1) is 24.0 Å². The number of halogens is 2. The lowest BCUT2D eigenvalue weighted by molar-refractivity contribution is 0.385. The number of hydrogen-bond acceptors (Lipinski definition) is 3. The highest BCUT2D eigenvalue weighted by Gasteiger charge is 2.09. The first-order valence-electron chi connectivity index (χ1n) is 7.43. The van der Waals surface area contributed by atoms with Gasteiger partial charge in [0.25, 0.3) is 0 Å². The number of methoxy groups -OCH3 is 1. The Labute approximate surface area is 160 Å². The molecule has 1 rings (SSSR count). The molecule has 7 heteroatoms. The number of nitrogens with zero attached hydrogens (tertiary/aromatic N) is 2. The van der Waals surface area contributed by atoms with E-state index in [-0.39, 0.29) is 35.5 Å². The minimum atomic E-state index is -0.338. The van der Waals surface area contributed by atoms with E-state index in [0.717, 1.165) is 36.8 Å². The zero-order valence-corrected chi connectivity index (χ0v) is 17.4. The smallest absolute Gasteiger partial charge is 0.193 e. The second-order valence-corrected chi connectivity index (χ2v) is 5.89. The van der Waals surface area contributed by atoms with E-state index in [1.54, 1.807) is 6.07 Å². The van der Waals surface area contributed by atoms with Gasteiger partial charge in [-0.05, 0) is 43.0 Å². The molecular weight excluding hydrogens is 428 g/mol. The summed E-state index contributed by atoms with van der Waals surface area (Å²) in [4.78, 5) is 6.61. The standard InChI is InChI=1S/C16H26FN3OS.HI/c1-5-18-16(19-9-6-10-22-4)20(2)12-13-7-8-15(21-3)14(17)11-13;/h7-8,11H,5-6,9-10,12H2,1-4H3,(H,18,19);1H. The molecule has 0 amide bonds. The van der Waals surface area contributed by atoms with Crippen molar-refractivity contribution in [2.75, 3.05) is 39.3 Å². The van der Waals surface area contributed by atoms with Crippen molar-refractivity contribution in [1.29, 1.82) is 0 Å². The molecule has 23 heavy (non-hydrogen) atoms. The van der Waals surface area contributed by atoms with Crippen molar-refractivity contribution in [1.82, 2.24) is 10.2 Å². The average Bonchev–Trinajstić information content (AvgIpc) is 2.50. The van der Waals surface area contributed by atoms with E-state index in [1.165, 1.54) is 13.2 Å². The molecule has 0 aromatic heterocycles. The molecular formula is C16H27FIN3OS. The van der Waals surface area contributed by atoms with Crippen LogP contribution in [0.1, 0.15) is 18.9 Å². The molecule has 1 N–H and O–H groups in total. The van der Waals surface area contributed by atoms with Gasteiger partial charge in [0.15, 0.2) is 17.5 Å². The number of hydrogen-bond donors (Lipinski definition) is 1. The van der Waals surface area contributed by atoms with Crippen molar-refractivity contribution < 1.29 is 9.13 Å². The van der Waals surface area contributed by atoms with E-state index in [2.05, 4.69) is 16.6 Å². The Morgan fingerprint density at radius 3 is 2.74 bits per heavy atom. The minimum Gasteiger partial charge on any atom is -0.494 e. The third kappa shape index (κ3) is 8.10. The molecule has 0 aliphatic heterocycles. The van der Waals surface area contributed by atoms with E-state index in [0.29, 0.717) is 6.54 Å². The van der Waals surface area contributed by atoms with Crippen molar-refractivity contribution in [3.8, 4) is 5.75 Å². The topological polar surface area (TPSA) is 36.9 Å². The molecule has 4 nitrogen and oxygen atoms in total. The average molecular weight is 455 g/mol. The fraction of sp³-hybridized carbons (Fsp3) is 0.562. The van der Waals surface area contributed by atoms with Crippen molar-refractivity contribution in [2.45, 2.75) is 19.9 Å². The molecule has 0 bridgehead atoms. The summed E-state index contributed by atoms with van der Waals surface area (Å²) in [5.74, 6) is 1.88. The minimum absolute atomic E-state index is 0. The summed E-state index contributed by atoms with van der Waals surface area (Å²) < 4.78 is 18.7. The van der Waals surface area contributed by atoms with Crippen LogP contribution in [0.2, 0.25) is 0 Å². The Balaban J connectivity index is 0.00000484. The van der Waals surface area contributed by atoms with Gasteiger partial charge in [-0.3, -0.25) is 4.99 Å². The van der Waals surface area contributed by atoms with Crippen molar-refractivity contribution in [2.24, 2.45) is 4.99 Å². The SMILES string of the molecule is CCNC(=NCCCSC)N(C)Cc1ccc(OC)c(F)c1.I. The van der Waals surface area contributed by atoms with E-state index < -0.39 is 0 Å². The van der Waals surface area contributed by atoms with Gasteiger partial charge in [-0.1, -0.05) is 6.07 Å². The molecule has 0 saturated carbocycles. The predicted octanol–water partition coefficient (Wildman–Crippen LogP) is 3.60. The molecule has 0 unspecified atom stereocenters. The highest BCUT2D eigenvalue weighted by Crippen LogP contribution is 2.18. The van der Waals surface area contributed by atoms with E-state index in [1.807, 2.05) is 36.7 Å². The lowest BCUT2D eigenvalue weighted by atomic mass is 10.2. The number of nitrogens with one attached hydrogen (secondary N) is 1. The second kappa shape index (κ2) is 12.7. The van der Waals surface area contributed by atoms with Crippen molar-refractivity contribution in [3.63, 3.8) is 0 Å². The van der Waals surface area contributed by atoms with Gasteiger partial charge in [0, 0.05) is 26.7 Å². The van der Waals surface area contributed by atoms with Gasteiger partial charge < -0.3 is 15.0 Å². The molecule has 132 valence electrons. The van der Waals surface area contributed by atoms with Crippen LogP contribution in [-0.4, -0.2) is 50.1 Å². The van der Waals surface area contributed by atoms with E-state index in [4.69, 9.17) is 4.74 Å². The lowest BCUT2D eigenvalue weighted by Crippen LogP contribution is -2.38. The molecule has 1 aromatic carbocycles. The summed E-state index contributed by atoms with van der Waals surface area (Å²) in [5.41, 5.74) is 0.885. The number of guanidine groups is 1. The quantitative estimate of drug-likeness (QED) is 0.281. The first-order valence-corrected chi connectivity index (χ1v) is 8.82. The van der Waals surface area contributed by atoms with Crippen LogP contribution >= 0.6 is 35.7 Å². The summed E-state index contributed by atoms with van der Waals surface area (Å²) in [6, 6.07) is 5.03. The summed E-state index contributed by atoms with van der Waals surface area (Å²) in [6.45, 7) is 4.24. The van der Waals surface area contributed by atoms with Gasteiger partial charge in [0.1, 0.15) is 0 Å². The molecule has 0 atom stereocenters. The van der Waals surface area contributed by atoms with Crippen molar-refractivity contribution in [3.05, 3.63) is 29.6 Å². The van der Waals surface area contributed by atoms with Gasteiger partial charge in [0.2, 0.25) is 0 Å². The summed E-state index contributed by atoms with van der Waals surface area (Å²) in [5, 5.41) is 3.27. The Morgan fingerprint density at radius 1 is 1.43 bits per heavy atom. The predicted molar refractivity (Wildman–Crippen MR) is 109 cm³/mol. The maximum absolute atomic E-state index is 13.7. The van der Waals surface area contributed by atoms with Gasteiger partial charge in [-0.2, -0.15) is 11.8 Å². The van der Waals surface area contributed by atoms with Crippen LogP contribution in [0.25, 0.3) is 0 Å². The Bertz CT molecular complexity index is 488. The van der Waals surface area contributed by atoms with E-state index in [9.17, 15) is 4.39 Å². The lowest BCUT2D eigenvalue weighted by Gasteiger charge is -2.22. The Kier molecular flexibility index (Phi) is 12.3. The van der Waals surface area contributed by atoms with Crippen LogP contribution in [-0.2, 0) is 6.54 Å². The molecule has 0 fully saturated rings. The van der Waals surface area contributed by atoms with Gasteiger partial charge >= 0.3 is 0 Å². The van der Waals surface area contributed by atoms with Gasteiger partial charge in [-0.25, -0.2) is 4.39 Å². The molecule has 1 aromatic rings. The largest absolute Gasteiger partial charge is 0.494 e. The highest BCUT2D eigenvalue weighted by molar-refractivity contribution is 14.0. The summed E-state index contributed by atoms with van der Waals surface area (Å²) >= 11 is 1.83. The Morgan fingerprint density at radius 2 is 2.17 bits per heavy atom. The summed E-state index contributed by atoms with van der Waals surface area (Å²) in [6.07, 6.45) is 3.15. The van der Waals surface area contributed by atoms with Crippen LogP contribution in [0.4, 0.5) is 4.39 Å². The highest BCUT2D eigenvalue weighted by atomic mass is 127. The van der Waals surface area contributed by atoms with Crippen LogP contribution in [0.5, 0.6) is 5.75 Å². The third-order valence-corrected chi connectivity index (χ3v) is 3.80. The van der Waals surface area contributed by atoms with Crippen LogP contribution in [0.15, 0.2) is 23.2 Å². The molecule has 0 spiro atoms. The third-order valence-electron chi connectivity index (χ3n) is 3.10. The van der Waals surface area contributed by atoms with Gasteiger partial charge in [0.05, 0.1) is 7.11 Å². The second-order valence-electron chi connectivity index (χ2n) is 4.91. The first-order chi connectivity index (χ1) is 10.6. The van der Waals surface area contributed by atoms with Crippen LogP contribution in [0, 0.1) is 5.82 Å². The molecule has 0 aliphatic carbocycles. The number of benzene rings is 1. The molecule has 0 saturated heterocycles. The summed E-state index contributed by atoms with van der Waals surface area (Å²) in [7, 11) is 3.42. The molecule has 0 radical (unpaired) electrons. The fourth-order valence-corrected chi connectivity index (χ4v) is 2.44. The van der Waals surface area contributed by atoms with E-state index >= 15 is 0 Å². The van der Waals surface area contributed by atoms with Crippen molar-refractivity contribution >= 4 is 41.7 Å². The normalized spacial score (nSPS) is 10.9. The molecule has 0 aliphatic rings. The maximum atomic E-state index is 13.7. The van der Waals surface area contributed by atoms with Crippen LogP contribution < -0.4 is 10.1 Å². The maximum Gasteiger partial charge on any atom is 0.193 e. The Hall–Kier alpha value is -0.700. The fourth-order valence-electron chi connectivity index (χ4n) is 2.02. The van der Waals surface area contributed by atoms with Crippen LogP contribution in [0.3, 0.4) is 0 Å². The number of ether oxygens (including phenoxy) is 1. The monoisotopic (exact) mass is 455 g/mol. The first kappa shape index (κ1) is 22.3.